The molecule has 0 saturated carbocycles. The Morgan fingerprint density at radius 1 is 1.40 bits per heavy atom. The van der Waals surface area contributed by atoms with Gasteiger partial charge in [0.25, 0.3) is 0 Å². The van der Waals surface area contributed by atoms with Crippen LogP contribution in [0.1, 0.15) is 22.2 Å². The molecule has 1 aromatic carbocycles. The van der Waals surface area contributed by atoms with Gasteiger partial charge in [0.05, 0.1) is 0 Å². The van der Waals surface area contributed by atoms with Gasteiger partial charge in [0, 0.05) is 0 Å². The van der Waals surface area contributed by atoms with Crippen molar-refractivity contribution in [1.82, 2.24) is 0 Å². The van der Waals surface area contributed by atoms with E-state index in [1.807, 2.05) is 12.1 Å². The number of rotatable bonds is 5. The van der Waals surface area contributed by atoms with Crippen LogP contribution in [0.2, 0.25) is 0 Å². The van der Waals surface area contributed by atoms with E-state index in [1.54, 1.807) is 25.6 Å². The molecule has 0 bridgehead atoms. The number of alkyl halides is 2. The van der Waals surface area contributed by atoms with Gasteiger partial charge in [-0.2, -0.15) is 0 Å². The van der Waals surface area contributed by atoms with Gasteiger partial charge in [-0.1, -0.05) is 0 Å². The summed E-state index contributed by atoms with van der Waals surface area (Å²) < 4.78 is 13.6. The Hall–Kier alpha value is -0.820. The van der Waals surface area contributed by atoms with Crippen LogP contribution in [-0.4, -0.2) is 28.4 Å². The zero-order valence-electron chi connectivity index (χ0n) is 11.7. The van der Waals surface area contributed by atoms with Gasteiger partial charge in [-0.05, 0) is 0 Å². The Kier molecular flexibility index (Phi) is 3.90. The van der Waals surface area contributed by atoms with Gasteiger partial charge in [0.15, 0.2) is 0 Å². The molecule has 0 aliphatic carbocycles. The standard InChI is InChI=1S/C15H16IO3S/c1-4-8-9-5-13(14(17)10-7-16-10)20-12(9)6-11(18-2)15(8)19-3/h5-6,10H,4,7H2,1-3H3/q-1. The van der Waals surface area contributed by atoms with Crippen molar-refractivity contribution in [2.75, 3.05) is 18.6 Å². The zero-order valence-corrected chi connectivity index (χ0v) is 14.6. The van der Waals surface area contributed by atoms with E-state index in [4.69, 9.17) is 9.47 Å². The van der Waals surface area contributed by atoms with Crippen LogP contribution in [0.15, 0.2) is 12.1 Å². The molecule has 0 spiro atoms. The Balaban J connectivity index is 2.19. The molecule has 3 rings (SSSR count). The summed E-state index contributed by atoms with van der Waals surface area (Å²) in [6.07, 6.45) is 0.859. The molecule has 0 N–H and O–H groups in total. The van der Waals surface area contributed by atoms with Crippen LogP contribution in [0.25, 0.3) is 10.1 Å². The molecule has 1 fully saturated rings. The first-order valence-electron chi connectivity index (χ1n) is 6.48. The van der Waals surface area contributed by atoms with Crippen LogP contribution in [0.5, 0.6) is 11.5 Å². The number of ether oxygens (including phenoxy) is 2. The van der Waals surface area contributed by atoms with E-state index in [1.165, 1.54) is 0 Å². The molecule has 1 atom stereocenters. The minimum atomic E-state index is 0.155. The fourth-order valence-electron chi connectivity index (χ4n) is 2.39. The Morgan fingerprint density at radius 2 is 2.15 bits per heavy atom. The van der Waals surface area contributed by atoms with E-state index >= 15 is 0 Å². The second-order valence-corrected chi connectivity index (χ2v) is 8.96. The quantitative estimate of drug-likeness (QED) is 0.405. The van der Waals surface area contributed by atoms with Crippen molar-refractivity contribution in [3.05, 3.63) is 22.6 Å². The summed E-state index contributed by atoms with van der Waals surface area (Å²) in [6.45, 7) is 2.10. The number of hydrogen-bond acceptors (Lipinski definition) is 4. The molecule has 3 nitrogen and oxygen atoms in total. The third-order valence-electron chi connectivity index (χ3n) is 3.46. The number of methoxy groups -OCH3 is 2. The van der Waals surface area contributed by atoms with Gasteiger partial charge in [0.2, 0.25) is 0 Å². The molecular formula is C15H16IO3S-. The molecule has 5 heteroatoms. The third-order valence-corrected chi connectivity index (χ3v) is 6.88. The van der Waals surface area contributed by atoms with E-state index in [-0.39, 0.29) is 21.2 Å². The first-order chi connectivity index (χ1) is 9.69. The fourth-order valence-corrected chi connectivity index (χ4v) is 5.11. The van der Waals surface area contributed by atoms with Crippen molar-refractivity contribution in [3.63, 3.8) is 0 Å². The number of fused-ring (bicyclic) bond motifs is 1. The Bertz CT molecular complexity index is 673. The number of aryl methyl sites for hydroxylation is 1. The molecule has 0 amide bonds. The van der Waals surface area contributed by atoms with Crippen LogP contribution in [0, 0.1) is 0 Å². The second-order valence-electron chi connectivity index (χ2n) is 4.61. The van der Waals surface area contributed by atoms with E-state index in [2.05, 4.69) is 6.92 Å². The number of hydrogen-bond donors (Lipinski definition) is 0. The number of halogens is 1. The molecule has 0 radical (unpaired) electrons. The summed E-state index contributed by atoms with van der Waals surface area (Å²) in [4.78, 5) is 13.2. The maximum absolute atomic E-state index is 12.3. The van der Waals surface area contributed by atoms with Gasteiger partial charge in [0.1, 0.15) is 0 Å². The van der Waals surface area contributed by atoms with E-state index in [0.29, 0.717) is 9.71 Å². The number of carbonyl (C=O) groups excluding carboxylic acids is 1. The van der Waals surface area contributed by atoms with Gasteiger partial charge in [-0.15, -0.1) is 0 Å². The normalized spacial score (nSPS) is 17.6. The van der Waals surface area contributed by atoms with Crippen LogP contribution in [-0.2, 0) is 6.42 Å². The van der Waals surface area contributed by atoms with E-state index in [9.17, 15) is 4.79 Å². The molecule has 2 heterocycles. The molecule has 1 aliphatic heterocycles. The molecule has 1 unspecified atom stereocenters. The van der Waals surface area contributed by atoms with Crippen LogP contribution < -0.4 is 30.7 Å². The van der Waals surface area contributed by atoms with E-state index < -0.39 is 0 Å². The van der Waals surface area contributed by atoms with Crippen molar-refractivity contribution in [1.29, 1.82) is 0 Å². The molecule has 1 saturated heterocycles. The fraction of sp³-hybridized carbons (Fsp3) is 0.400. The number of thiophene rings is 1. The predicted molar refractivity (Wildman–Crippen MR) is 77.3 cm³/mol. The van der Waals surface area contributed by atoms with Gasteiger partial charge >= 0.3 is 133 Å². The Morgan fingerprint density at radius 3 is 2.70 bits per heavy atom. The average Bonchev–Trinajstić information content (AvgIpc) is 3.23. The molecule has 108 valence electrons. The Labute approximate surface area is 132 Å². The van der Waals surface area contributed by atoms with Crippen molar-refractivity contribution in [2.24, 2.45) is 0 Å². The van der Waals surface area contributed by atoms with Crippen LogP contribution in [0.4, 0.5) is 0 Å². The SMILES string of the molecule is CCc1c(OC)c(OC)cc2sc(C(=O)C3C[I-]3)cc12. The van der Waals surface area contributed by atoms with E-state index in [0.717, 1.165) is 42.9 Å². The second kappa shape index (κ2) is 5.52. The molecule has 1 aliphatic rings. The predicted octanol–water partition coefficient (Wildman–Crippen LogP) is 0.135. The number of benzene rings is 1. The average molecular weight is 403 g/mol. The van der Waals surface area contributed by atoms with Crippen molar-refractivity contribution < 1.29 is 35.5 Å². The maximum atomic E-state index is 12.3. The summed E-state index contributed by atoms with van der Waals surface area (Å²) in [5.41, 5.74) is 1.13. The van der Waals surface area contributed by atoms with Crippen LogP contribution >= 0.6 is 11.3 Å². The zero-order chi connectivity index (χ0) is 14.3. The van der Waals surface area contributed by atoms with Crippen molar-refractivity contribution >= 4 is 27.2 Å². The summed E-state index contributed by atoms with van der Waals surface area (Å²) >= 11 is 1.74. The minimum absolute atomic E-state index is 0.155. The number of carbonyl (C=O) groups is 1. The van der Waals surface area contributed by atoms with Crippen LogP contribution in [0.3, 0.4) is 0 Å². The number of ketones is 1. The molecule has 20 heavy (non-hydrogen) atoms. The summed E-state index contributed by atoms with van der Waals surface area (Å²) in [5, 5.41) is 1.14. The monoisotopic (exact) mass is 403 g/mol. The first kappa shape index (κ1) is 14.1. The summed E-state index contributed by atoms with van der Waals surface area (Å²) in [6, 6.07) is 4.03. The first-order valence-corrected chi connectivity index (χ1v) is 10.1. The van der Waals surface area contributed by atoms with Gasteiger partial charge in [-0.25, -0.2) is 0 Å². The van der Waals surface area contributed by atoms with Crippen molar-refractivity contribution in [2.45, 2.75) is 17.3 Å². The van der Waals surface area contributed by atoms with Gasteiger partial charge in [-0.3, -0.25) is 0 Å². The summed E-state index contributed by atoms with van der Waals surface area (Å²) in [5.74, 6) is 1.88. The number of Topliss-reactive ketones (excluding diaryl/α,β-unsaturated/α-hetero) is 1. The molecular weight excluding hydrogens is 387 g/mol. The molecule has 1 aromatic heterocycles. The van der Waals surface area contributed by atoms with Crippen molar-refractivity contribution in [3.8, 4) is 11.5 Å². The summed E-state index contributed by atoms with van der Waals surface area (Å²) in [7, 11) is 3.31. The van der Waals surface area contributed by atoms with Gasteiger partial charge < -0.3 is 0 Å². The molecule has 2 aromatic rings. The third kappa shape index (κ3) is 2.30. The topological polar surface area (TPSA) is 35.5 Å².